The van der Waals surface area contributed by atoms with Crippen LogP contribution in [0.3, 0.4) is 0 Å². The first-order valence-electron chi connectivity index (χ1n) is 24.2. The van der Waals surface area contributed by atoms with E-state index in [4.69, 9.17) is 9.47 Å². The molecule has 1 aliphatic heterocycles. The van der Waals surface area contributed by atoms with Crippen molar-refractivity contribution in [3.8, 4) is 0 Å². The molecule has 1 amide bonds. The number of unbranched alkanes of at least 4 members (excludes halogenated alkanes) is 31. The van der Waals surface area contributed by atoms with Crippen molar-refractivity contribution in [2.24, 2.45) is 0 Å². The fourth-order valence-electron chi connectivity index (χ4n) is 8.04. The Bertz CT molecular complexity index is 847. The van der Waals surface area contributed by atoms with Crippen LogP contribution in [0.4, 0.5) is 0 Å². The number of carbonyl (C=O) groups excluding carboxylic acids is 1. The first kappa shape index (κ1) is 53.2. The minimum atomic E-state index is -1.55. The van der Waals surface area contributed by atoms with E-state index in [0.717, 1.165) is 38.5 Å². The number of nitrogens with one attached hydrogen (secondary N) is 1. The average Bonchev–Trinajstić information content (AvgIpc) is 3.20. The van der Waals surface area contributed by atoms with Gasteiger partial charge in [-0.15, -0.1) is 0 Å². The highest BCUT2D eigenvalue weighted by molar-refractivity contribution is 5.76. The van der Waals surface area contributed by atoms with Crippen LogP contribution in [0.15, 0.2) is 0 Å². The molecule has 334 valence electrons. The molecule has 0 aromatic rings. The smallest absolute Gasteiger partial charge is 0.220 e. The Morgan fingerprint density at radius 1 is 0.536 bits per heavy atom. The number of hydrogen-bond acceptors (Lipinski definition) is 8. The van der Waals surface area contributed by atoms with E-state index < -0.39 is 49.5 Å². The summed E-state index contributed by atoms with van der Waals surface area (Å²) in [4.78, 5) is 13.0. The van der Waals surface area contributed by atoms with Gasteiger partial charge in [0.25, 0.3) is 0 Å². The third-order valence-corrected chi connectivity index (χ3v) is 12.0. The van der Waals surface area contributed by atoms with Gasteiger partial charge in [-0.3, -0.25) is 4.79 Å². The van der Waals surface area contributed by atoms with Crippen molar-refractivity contribution in [3.05, 3.63) is 0 Å². The highest BCUT2D eigenvalue weighted by Crippen LogP contribution is 2.23. The van der Waals surface area contributed by atoms with Crippen LogP contribution in [-0.2, 0) is 14.3 Å². The number of ether oxygens (including phenoxy) is 2. The largest absolute Gasteiger partial charge is 0.394 e. The zero-order valence-electron chi connectivity index (χ0n) is 36.7. The Kier molecular flexibility index (Phi) is 36.5. The van der Waals surface area contributed by atoms with Crippen LogP contribution in [0.1, 0.15) is 239 Å². The average molecular weight is 800 g/mol. The normalized spacial score (nSPS) is 21.0. The summed E-state index contributed by atoms with van der Waals surface area (Å²) in [7, 11) is 0. The quantitative estimate of drug-likeness (QED) is 0.0335. The van der Waals surface area contributed by atoms with Gasteiger partial charge in [0.15, 0.2) is 6.29 Å². The van der Waals surface area contributed by atoms with E-state index in [9.17, 15) is 30.3 Å². The Balaban J connectivity index is 2.29. The van der Waals surface area contributed by atoms with Crippen LogP contribution in [0.5, 0.6) is 0 Å². The summed E-state index contributed by atoms with van der Waals surface area (Å²) in [6.45, 7) is 3.86. The second kappa shape index (κ2) is 38.4. The molecule has 0 aromatic heterocycles. The molecule has 1 aliphatic rings. The van der Waals surface area contributed by atoms with Crippen molar-refractivity contribution in [1.82, 2.24) is 5.32 Å². The predicted octanol–water partition coefficient (Wildman–Crippen LogP) is 10.3. The summed E-state index contributed by atoms with van der Waals surface area (Å²) >= 11 is 0. The summed E-state index contributed by atoms with van der Waals surface area (Å²) in [6.07, 6.45) is 35.3. The highest BCUT2D eigenvalue weighted by Gasteiger charge is 2.44. The van der Waals surface area contributed by atoms with Crippen molar-refractivity contribution in [2.75, 3.05) is 13.2 Å². The van der Waals surface area contributed by atoms with Gasteiger partial charge >= 0.3 is 0 Å². The summed E-state index contributed by atoms with van der Waals surface area (Å²) < 4.78 is 11.3. The molecule has 56 heavy (non-hydrogen) atoms. The molecule has 0 aliphatic carbocycles. The van der Waals surface area contributed by atoms with Crippen molar-refractivity contribution >= 4 is 5.91 Å². The zero-order chi connectivity index (χ0) is 40.9. The second-order valence-electron chi connectivity index (χ2n) is 17.3. The lowest BCUT2D eigenvalue weighted by molar-refractivity contribution is -0.302. The Morgan fingerprint density at radius 2 is 0.893 bits per heavy atom. The van der Waals surface area contributed by atoms with Crippen LogP contribution in [-0.4, -0.2) is 87.5 Å². The maximum Gasteiger partial charge on any atom is 0.220 e. The van der Waals surface area contributed by atoms with Crippen molar-refractivity contribution < 1.29 is 39.8 Å². The molecule has 1 rings (SSSR count). The molecular formula is C47H93NO8. The van der Waals surface area contributed by atoms with E-state index in [-0.39, 0.29) is 12.5 Å². The summed E-state index contributed by atoms with van der Waals surface area (Å²) in [5.41, 5.74) is 0. The van der Waals surface area contributed by atoms with E-state index in [1.54, 1.807) is 0 Å². The zero-order valence-corrected chi connectivity index (χ0v) is 36.7. The molecule has 0 aromatic carbocycles. The maximum absolute atomic E-state index is 13.0. The molecule has 0 bridgehead atoms. The minimum absolute atomic E-state index is 0.131. The Labute approximate surface area is 344 Å². The van der Waals surface area contributed by atoms with Crippen LogP contribution in [0, 0.1) is 0 Å². The van der Waals surface area contributed by atoms with Crippen molar-refractivity contribution in [2.45, 2.75) is 281 Å². The van der Waals surface area contributed by atoms with Crippen molar-refractivity contribution in [3.63, 3.8) is 0 Å². The van der Waals surface area contributed by atoms with Gasteiger partial charge in [0.05, 0.1) is 25.4 Å². The van der Waals surface area contributed by atoms with E-state index in [1.807, 2.05) is 0 Å². The predicted molar refractivity (Wildman–Crippen MR) is 231 cm³/mol. The minimum Gasteiger partial charge on any atom is -0.394 e. The van der Waals surface area contributed by atoms with Gasteiger partial charge in [-0.1, -0.05) is 219 Å². The van der Waals surface area contributed by atoms with Gasteiger partial charge in [-0.25, -0.2) is 0 Å². The van der Waals surface area contributed by atoms with Gasteiger partial charge in [0.2, 0.25) is 5.91 Å². The first-order valence-corrected chi connectivity index (χ1v) is 24.2. The van der Waals surface area contributed by atoms with E-state index >= 15 is 0 Å². The molecule has 1 heterocycles. The van der Waals surface area contributed by atoms with Crippen LogP contribution < -0.4 is 5.32 Å². The lowest BCUT2D eigenvalue weighted by Gasteiger charge is -2.40. The summed E-state index contributed by atoms with van der Waals surface area (Å²) in [5.74, 6) is -0.140. The molecule has 7 unspecified atom stereocenters. The number of aliphatic hydroxyl groups excluding tert-OH is 5. The molecule has 1 fully saturated rings. The standard InChI is InChI=1S/C47H93NO8/c1-3-5-7-9-11-13-15-17-19-20-21-23-24-26-28-30-32-34-36-41(50)40(39-55-47-46(54)45(53)44(52)42(38-49)56-47)48-43(51)37-35-33-31-29-27-25-22-18-16-14-12-10-8-6-4-2/h40-42,44-47,49-50,52-54H,3-39H2,1-2H3,(H,48,51). The van der Waals surface area contributed by atoms with Gasteiger partial charge < -0.3 is 40.3 Å². The van der Waals surface area contributed by atoms with E-state index in [1.165, 1.54) is 173 Å². The Morgan fingerprint density at radius 3 is 1.27 bits per heavy atom. The van der Waals surface area contributed by atoms with Crippen LogP contribution in [0.25, 0.3) is 0 Å². The molecule has 1 saturated heterocycles. The molecule has 0 radical (unpaired) electrons. The second-order valence-corrected chi connectivity index (χ2v) is 17.3. The SMILES string of the molecule is CCCCCCCCCCCCCCCCCCCCC(O)C(COC1OC(CO)C(O)C(O)C1O)NC(=O)CCCCCCCCCCCCCCCCC. The number of aliphatic hydroxyl groups is 5. The number of carbonyl (C=O) groups is 1. The number of amides is 1. The van der Waals surface area contributed by atoms with E-state index in [0.29, 0.717) is 12.8 Å². The lowest BCUT2D eigenvalue weighted by Crippen LogP contribution is -2.60. The maximum atomic E-state index is 13.0. The lowest BCUT2D eigenvalue weighted by atomic mass is 9.99. The molecule has 9 nitrogen and oxygen atoms in total. The molecule has 0 saturated carbocycles. The fraction of sp³-hybridized carbons (Fsp3) is 0.979. The van der Waals surface area contributed by atoms with Gasteiger partial charge in [-0.2, -0.15) is 0 Å². The van der Waals surface area contributed by atoms with Crippen LogP contribution in [0.2, 0.25) is 0 Å². The van der Waals surface area contributed by atoms with E-state index in [2.05, 4.69) is 19.2 Å². The topological polar surface area (TPSA) is 149 Å². The van der Waals surface area contributed by atoms with Crippen LogP contribution >= 0.6 is 0 Å². The third-order valence-electron chi connectivity index (χ3n) is 12.0. The van der Waals surface area contributed by atoms with Gasteiger partial charge in [0, 0.05) is 6.42 Å². The van der Waals surface area contributed by atoms with Gasteiger partial charge in [-0.05, 0) is 12.8 Å². The number of rotatable bonds is 41. The monoisotopic (exact) mass is 800 g/mol. The molecular weight excluding hydrogens is 707 g/mol. The third kappa shape index (κ3) is 28.6. The molecule has 6 N–H and O–H groups in total. The molecule has 7 atom stereocenters. The van der Waals surface area contributed by atoms with Gasteiger partial charge in [0.1, 0.15) is 24.4 Å². The number of hydrogen-bond donors (Lipinski definition) is 6. The first-order chi connectivity index (χ1) is 27.3. The summed E-state index contributed by atoms with van der Waals surface area (Å²) in [5, 5.41) is 54.4. The highest BCUT2D eigenvalue weighted by atomic mass is 16.7. The fourth-order valence-corrected chi connectivity index (χ4v) is 8.04. The molecule has 0 spiro atoms. The Hall–Kier alpha value is -0.810. The summed E-state index contributed by atoms with van der Waals surface area (Å²) in [6, 6.07) is -0.711. The van der Waals surface area contributed by atoms with Crippen molar-refractivity contribution in [1.29, 1.82) is 0 Å². The molecule has 9 heteroatoms.